The summed E-state index contributed by atoms with van der Waals surface area (Å²) >= 11 is 0. The van der Waals surface area contributed by atoms with Crippen molar-refractivity contribution in [1.29, 1.82) is 0 Å². The van der Waals surface area contributed by atoms with Crippen molar-refractivity contribution in [3.63, 3.8) is 0 Å². The highest BCUT2D eigenvalue weighted by Gasteiger charge is 2.20. The van der Waals surface area contributed by atoms with Crippen LogP contribution in [0.4, 0.5) is 0 Å². The largest absolute Gasteiger partial charge is 0.319 e. The number of hydrogen-bond acceptors (Lipinski definition) is 3. The summed E-state index contributed by atoms with van der Waals surface area (Å²) in [6.45, 7) is 0.952. The summed E-state index contributed by atoms with van der Waals surface area (Å²) in [6, 6.07) is 2.06. The molecule has 0 spiro atoms. The molecule has 1 N–H and O–H groups in total. The molecule has 3 heteroatoms. The molecule has 14 heavy (non-hydrogen) atoms. The Bertz CT molecular complexity index is 294. The monoisotopic (exact) mass is 191 g/mol. The van der Waals surface area contributed by atoms with Crippen molar-refractivity contribution in [2.45, 2.75) is 31.6 Å². The van der Waals surface area contributed by atoms with Gasteiger partial charge in [0.15, 0.2) is 0 Å². The summed E-state index contributed by atoms with van der Waals surface area (Å²) in [7, 11) is 1.95. The van der Waals surface area contributed by atoms with Crippen molar-refractivity contribution in [2.75, 3.05) is 13.6 Å². The molecule has 0 aliphatic heterocycles. The molecular formula is C11H17N3. The fraction of sp³-hybridized carbons (Fsp3) is 0.636. The Labute approximate surface area is 85.0 Å². The van der Waals surface area contributed by atoms with Crippen molar-refractivity contribution in [2.24, 2.45) is 0 Å². The maximum absolute atomic E-state index is 4.58. The molecule has 1 aromatic rings. The standard InChI is InChI=1S/C11H17N3/c1-12-7-6-11-13-8-5-10(14-11)9-3-2-4-9/h5,8-9,12H,2-4,6-7H2,1H3. The molecule has 0 radical (unpaired) electrons. The number of aromatic nitrogens is 2. The Morgan fingerprint density at radius 1 is 1.50 bits per heavy atom. The van der Waals surface area contributed by atoms with E-state index in [1.54, 1.807) is 0 Å². The zero-order valence-electron chi connectivity index (χ0n) is 8.66. The van der Waals surface area contributed by atoms with Crippen molar-refractivity contribution in [3.8, 4) is 0 Å². The maximum Gasteiger partial charge on any atom is 0.129 e. The van der Waals surface area contributed by atoms with Gasteiger partial charge in [-0.15, -0.1) is 0 Å². The molecule has 2 rings (SSSR count). The highest BCUT2D eigenvalue weighted by atomic mass is 14.9. The lowest BCUT2D eigenvalue weighted by Gasteiger charge is -2.24. The van der Waals surface area contributed by atoms with Gasteiger partial charge in [-0.25, -0.2) is 9.97 Å². The number of rotatable bonds is 4. The van der Waals surface area contributed by atoms with E-state index in [4.69, 9.17) is 0 Å². The first kappa shape index (κ1) is 9.59. The van der Waals surface area contributed by atoms with Gasteiger partial charge in [-0.3, -0.25) is 0 Å². The molecule has 1 fully saturated rings. The van der Waals surface area contributed by atoms with Gasteiger partial charge in [-0.1, -0.05) is 6.42 Å². The van der Waals surface area contributed by atoms with E-state index in [0.717, 1.165) is 18.8 Å². The van der Waals surface area contributed by atoms with Crippen LogP contribution in [0.3, 0.4) is 0 Å². The van der Waals surface area contributed by atoms with E-state index in [9.17, 15) is 0 Å². The average molecular weight is 191 g/mol. The van der Waals surface area contributed by atoms with E-state index in [1.165, 1.54) is 25.0 Å². The minimum Gasteiger partial charge on any atom is -0.319 e. The van der Waals surface area contributed by atoms with Crippen molar-refractivity contribution < 1.29 is 0 Å². The van der Waals surface area contributed by atoms with Crippen LogP contribution >= 0.6 is 0 Å². The number of hydrogen-bond donors (Lipinski definition) is 1. The highest BCUT2D eigenvalue weighted by molar-refractivity contribution is 5.11. The topological polar surface area (TPSA) is 37.8 Å². The third kappa shape index (κ3) is 2.10. The first-order valence-electron chi connectivity index (χ1n) is 5.36. The fourth-order valence-corrected chi connectivity index (χ4v) is 1.70. The molecular weight excluding hydrogens is 174 g/mol. The third-order valence-electron chi connectivity index (χ3n) is 2.85. The average Bonchev–Trinajstić information content (AvgIpc) is 2.13. The van der Waals surface area contributed by atoms with Gasteiger partial charge in [-0.2, -0.15) is 0 Å². The van der Waals surface area contributed by atoms with Gasteiger partial charge in [-0.05, 0) is 26.0 Å². The molecule has 0 amide bonds. The number of likely N-dealkylation sites (N-methyl/N-ethyl adjacent to an activating group) is 1. The van der Waals surface area contributed by atoms with E-state index < -0.39 is 0 Å². The molecule has 0 bridgehead atoms. The van der Waals surface area contributed by atoms with Gasteiger partial charge in [0.25, 0.3) is 0 Å². The van der Waals surface area contributed by atoms with E-state index >= 15 is 0 Å². The van der Waals surface area contributed by atoms with Gasteiger partial charge in [0.1, 0.15) is 5.82 Å². The maximum atomic E-state index is 4.58. The molecule has 1 aromatic heterocycles. The summed E-state index contributed by atoms with van der Waals surface area (Å²) < 4.78 is 0. The summed E-state index contributed by atoms with van der Waals surface area (Å²) in [5, 5.41) is 3.11. The second-order valence-corrected chi connectivity index (χ2v) is 3.88. The Morgan fingerprint density at radius 3 is 3.00 bits per heavy atom. The zero-order valence-corrected chi connectivity index (χ0v) is 8.66. The Morgan fingerprint density at radius 2 is 2.36 bits per heavy atom. The zero-order chi connectivity index (χ0) is 9.80. The highest BCUT2D eigenvalue weighted by Crippen LogP contribution is 2.34. The normalized spacial score (nSPS) is 16.6. The SMILES string of the molecule is CNCCc1nccc(C2CCC2)n1. The van der Waals surface area contributed by atoms with Gasteiger partial charge >= 0.3 is 0 Å². The van der Waals surface area contributed by atoms with Gasteiger partial charge in [0.2, 0.25) is 0 Å². The van der Waals surface area contributed by atoms with Crippen LogP contribution < -0.4 is 5.32 Å². The van der Waals surface area contributed by atoms with Crippen LogP contribution in [0, 0.1) is 0 Å². The van der Waals surface area contributed by atoms with Gasteiger partial charge < -0.3 is 5.32 Å². The van der Waals surface area contributed by atoms with Gasteiger partial charge in [0.05, 0.1) is 0 Å². The quantitative estimate of drug-likeness (QED) is 0.784. The van der Waals surface area contributed by atoms with Crippen LogP contribution in [0.15, 0.2) is 12.3 Å². The molecule has 0 aromatic carbocycles. The van der Waals surface area contributed by atoms with Crippen LogP contribution in [-0.4, -0.2) is 23.6 Å². The molecule has 0 atom stereocenters. The summed E-state index contributed by atoms with van der Waals surface area (Å²) in [6.07, 6.45) is 6.80. The van der Waals surface area contributed by atoms with Crippen molar-refractivity contribution in [3.05, 3.63) is 23.8 Å². The van der Waals surface area contributed by atoms with Crippen molar-refractivity contribution >= 4 is 0 Å². The summed E-state index contributed by atoms with van der Waals surface area (Å²) in [5.74, 6) is 1.69. The van der Waals surface area contributed by atoms with Crippen LogP contribution in [0.2, 0.25) is 0 Å². The molecule has 0 unspecified atom stereocenters. The van der Waals surface area contributed by atoms with E-state index in [2.05, 4.69) is 21.4 Å². The smallest absolute Gasteiger partial charge is 0.129 e. The second-order valence-electron chi connectivity index (χ2n) is 3.88. The lowest BCUT2D eigenvalue weighted by atomic mass is 9.83. The Kier molecular flexibility index (Phi) is 3.09. The summed E-state index contributed by atoms with van der Waals surface area (Å²) in [4.78, 5) is 8.85. The molecule has 1 aliphatic rings. The lowest BCUT2D eigenvalue weighted by Crippen LogP contribution is -2.15. The third-order valence-corrected chi connectivity index (χ3v) is 2.85. The van der Waals surface area contributed by atoms with Crippen molar-refractivity contribution in [1.82, 2.24) is 15.3 Å². The van der Waals surface area contributed by atoms with Gasteiger partial charge in [0, 0.05) is 30.8 Å². The molecule has 1 heterocycles. The number of nitrogens with one attached hydrogen (secondary N) is 1. The first-order chi connectivity index (χ1) is 6.90. The number of nitrogens with zero attached hydrogens (tertiary/aromatic N) is 2. The first-order valence-corrected chi connectivity index (χ1v) is 5.36. The molecule has 1 aliphatic carbocycles. The fourth-order valence-electron chi connectivity index (χ4n) is 1.70. The van der Waals surface area contributed by atoms with Crippen LogP contribution in [-0.2, 0) is 6.42 Å². The molecule has 0 saturated heterocycles. The lowest BCUT2D eigenvalue weighted by molar-refractivity contribution is 0.409. The predicted octanol–water partition coefficient (Wildman–Crippen LogP) is 1.51. The minimum absolute atomic E-state index is 0.714. The minimum atomic E-state index is 0.714. The summed E-state index contributed by atoms with van der Waals surface area (Å²) in [5.41, 5.74) is 1.25. The van der Waals surface area contributed by atoms with Crippen LogP contribution in [0.1, 0.15) is 36.7 Å². The van der Waals surface area contributed by atoms with Crippen LogP contribution in [0.25, 0.3) is 0 Å². The van der Waals surface area contributed by atoms with E-state index in [0.29, 0.717) is 5.92 Å². The predicted molar refractivity (Wildman–Crippen MR) is 56.3 cm³/mol. The molecule has 76 valence electrons. The van der Waals surface area contributed by atoms with Crippen LogP contribution in [0.5, 0.6) is 0 Å². The molecule has 1 saturated carbocycles. The van der Waals surface area contributed by atoms with E-state index in [-0.39, 0.29) is 0 Å². The Balaban J connectivity index is 2.02. The van der Waals surface area contributed by atoms with E-state index in [1.807, 2.05) is 13.2 Å². The second kappa shape index (κ2) is 4.51. The molecule has 3 nitrogen and oxygen atoms in total. The Hall–Kier alpha value is -0.960.